The Morgan fingerprint density at radius 3 is 3.00 bits per heavy atom. The Morgan fingerprint density at radius 1 is 1.43 bits per heavy atom. The minimum Gasteiger partial charge on any atom is -0.361 e. The van der Waals surface area contributed by atoms with Gasteiger partial charge in [-0.3, -0.25) is 9.69 Å². The standard InChI is InChI=1S/C16H17N3O3S/c1-9-11(10(2)22-18-9)8-19-14(20)16(17-15(19)21)6-3-4-13-12(16)5-7-23-13/h5,7H,3-4,6,8H2,1-2H3,(H,17,21)/t16-/m0/s1. The molecule has 4 rings (SSSR count). The van der Waals surface area contributed by atoms with Crippen molar-refractivity contribution in [2.24, 2.45) is 0 Å². The van der Waals surface area contributed by atoms with Crippen LogP contribution in [0.5, 0.6) is 0 Å². The number of amides is 3. The monoisotopic (exact) mass is 331 g/mol. The van der Waals surface area contributed by atoms with E-state index in [0.717, 1.165) is 24.0 Å². The molecule has 23 heavy (non-hydrogen) atoms. The molecule has 120 valence electrons. The number of hydrogen-bond donors (Lipinski definition) is 1. The van der Waals surface area contributed by atoms with Crippen LogP contribution in [-0.2, 0) is 23.3 Å². The number of nitrogens with one attached hydrogen (secondary N) is 1. The Balaban J connectivity index is 1.71. The lowest BCUT2D eigenvalue weighted by Gasteiger charge is -2.31. The van der Waals surface area contributed by atoms with Crippen LogP contribution in [0.15, 0.2) is 16.0 Å². The van der Waals surface area contributed by atoms with Gasteiger partial charge in [0.1, 0.15) is 11.3 Å². The third-order valence-electron chi connectivity index (χ3n) is 4.83. The number of thiophene rings is 1. The van der Waals surface area contributed by atoms with E-state index in [1.54, 1.807) is 18.3 Å². The maximum atomic E-state index is 13.1. The quantitative estimate of drug-likeness (QED) is 0.858. The molecule has 0 saturated carbocycles. The second kappa shape index (κ2) is 4.92. The smallest absolute Gasteiger partial charge is 0.325 e. The number of urea groups is 1. The predicted molar refractivity (Wildman–Crippen MR) is 84.0 cm³/mol. The topological polar surface area (TPSA) is 75.4 Å². The Hall–Kier alpha value is -2.15. The number of fused-ring (bicyclic) bond motifs is 2. The highest BCUT2D eigenvalue weighted by Gasteiger charge is 2.54. The van der Waals surface area contributed by atoms with E-state index in [-0.39, 0.29) is 18.5 Å². The molecule has 1 aliphatic carbocycles. The van der Waals surface area contributed by atoms with Crippen LogP contribution in [0.25, 0.3) is 0 Å². The third-order valence-corrected chi connectivity index (χ3v) is 5.81. The van der Waals surface area contributed by atoms with Crippen molar-refractivity contribution in [3.05, 3.63) is 38.9 Å². The van der Waals surface area contributed by atoms with Crippen molar-refractivity contribution in [1.29, 1.82) is 0 Å². The van der Waals surface area contributed by atoms with Gasteiger partial charge in [0.25, 0.3) is 5.91 Å². The molecule has 2 aliphatic rings. The maximum absolute atomic E-state index is 13.1. The zero-order chi connectivity index (χ0) is 16.2. The van der Waals surface area contributed by atoms with E-state index >= 15 is 0 Å². The van der Waals surface area contributed by atoms with Crippen molar-refractivity contribution in [2.45, 2.75) is 45.2 Å². The van der Waals surface area contributed by atoms with E-state index in [1.807, 2.05) is 18.4 Å². The summed E-state index contributed by atoms with van der Waals surface area (Å²) >= 11 is 1.65. The first kappa shape index (κ1) is 14.4. The molecule has 3 amide bonds. The largest absolute Gasteiger partial charge is 0.361 e. The van der Waals surface area contributed by atoms with Crippen molar-refractivity contribution < 1.29 is 14.1 Å². The van der Waals surface area contributed by atoms with E-state index in [1.165, 1.54) is 9.78 Å². The molecule has 0 unspecified atom stereocenters. The minimum atomic E-state index is -0.885. The molecule has 3 heterocycles. The van der Waals surface area contributed by atoms with Gasteiger partial charge in [0.05, 0.1) is 12.2 Å². The first-order chi connectivity index (χ1) is 11.0. The van der Waals surface area contributed by atoms with Crippen LogP contribution in [0.2, 0.25) is 0 Å². The van der Waals surface area contributed by atoms with Gasteiger partial charge >= 0.3 is 6.03 Å². The molecule has 2 aromatic rings. The Bertz CT molecular complexity index is 790. The molecule has 0 bridgehead atoms. The van der Waals surface area contributed by atoms with Gasteiger partial charge in [-0.15, -0.1) is 11.3 Å². The predicted octanol–water partition coefficient (Wildman–Crippen LogP) is 2.64. The lowest BCUT2D eigenvalue weighted by Crippen LogP contribution is -2.46. The van der Waals surface area contributed by atoms with E-state index in [4.69, 9.17) is 4.52 Å². The molecule has 1 atom stereocenters. The van der Waals surface area contributed by atoms with Crippen molar-refractivity contribution in [3.8, 4) is 0 Å². The number of imide groups is 1. The molecule has 0 radical (unpaired) electrons. The number of aromatic nitrogens is 1. The Kier molecular flexibility index (Phi) is 3.09. The van der Waals surface area contributed by atoms with Crippen molar-refractivity contribution in [3.63, 3.8) is 0 Å². The summed E-state index contributed by atoms with van der Waals surface area (Å²) in [6.07, 6.45) is 2.53. The number of carbonyl (C=O) groups excluding carboxylic acids is 2. The van der Waals surface area contributed by atoms with Crippen LogP contribution in [0.3, 0.4) is 0 Å². The summed E-state index contributed by atoms with van der Waals surface area (Å²) < 4.78 is 5.14. The van der Waals surface area contributed by atoms with Gasteiger partial charge in [0.15, 0.2) is 0 Å². The van der Waals surface area contributed by atoms with Gasteiger partial charge in [0, 0.05) is 16.0 Å². The molecular weight excluding hydrogens is 314 g/mol. The molecule has 1 N–H and O–H groups in total. The third kappa shape index (κ3) is 1.96. The van der Waals surface area contributed by atoms with E-state index in [2.05, 4.69) is 10.5 Å². The number of nitrogens with zero attached hydrogens (tertiary/aromatic N) is 2. The summed E-state index contributed by atoms with van der Waals surface area (Å²) in [4.78, 5) is 28.1. The second-order valence-corrected chi connectivity index (χ2v) is 7.14. The molecule has 0 aromatic carbocycles. The van der Waals surface area contributed by atoms with E-state index < -0.39 is 5.54 Å². The van der Waals surface area contributed by atoms with Crippen LogP contribution < -0.4 is 5.32 Å². The van der Waals surface area contributed by atoms with E-state index in [0.29, 0.717) is 17.9 Å². The highest BCUT2D eigenvalue weighted by molar-refractivity contribution is 7.10. The number of carbonyl (C=O) groups is 2. The molecule has 7 heteroatoms. The van der Waals surface area contributed by atoms with E-state index in [9.17, 15) is 9.59 Å². The summed E-state index contributed by atoms with van der Waals surface area (Å²) in [6, 6.07) is 1.63. The van der Waals surface area contributed by atoms with Gasteiger partial charge in [-0.05, 0) is 44.6 Å². The minimum absolute atomic E-state index is 0.165. The van der Waals surface area contributed by atoms with Crippen LogP contribution in [-0.4, -0.2) is 22.0 Å². The molecule has 6 nitrogen and oxygen atoms in total. The second-order valence-electron chi connectivity index (χ2n) is 6.14. The fourth-order valence-electron chi connectivity index (χ4n) is 3.57. The fourth-order valence-corrected chi connectivity index (χ4v) is 4.57. The zero-order valence-corrected chi connectivity index (χ0v) is 13.8. The zero-order valence-electron chi connectivity index (χ0n) is 13.0. The van der Waals surface area contributed by atoms with Crippen molar-refractivity contribution in [1.82, 2.24) is 15.4 Å². The number of rotatable bonds is 2. The van der Waals surface area contributed by atoms with Crippen LogP contribution in [0.1, 0.15) is 40.3 Å². The Labute approximate surface area is 137 Å². The normalized spacial score (nSPS) is 23.5. The molecule has 2 aromatic heterocycles. The fraction of sp³-hybridized carbons (Fsp3) is 0.438. The molecule has 1 fully saturated rings. The summed E-state index contributed by atoms with van der Waals surface area (Å²) in [5, 5.41) is 8.85. The number of aryl methyl sites for hydroxylation is 3. The van der Waals surface area contributed by atoms with Gasteiger partial charge < -0.3 is 9.84 Å². The highest BCUT2D eigenvalue weighted by atomic mass is 32.1. The number of hydrogen-bond acceptors (Lipinski definition) is 5. The first-order valence-corrected chi connectivity index (χ1v) is 8.53. The Morgan fingerprint density at radius 2 is 2.26 bits per heavy atom. The van der Waals surface area contributed by atoms with Gasteiger partial charge in [-0.25, -0.2) is 4.79 Å². The van der Waals surface area contributed by atoms with Crippen LogP contribution in [0, 0.1) is 13.8 Å². The van der Waals surface area contributed by atoms with Gasteiger partial charge in [0.2, 0.25) is 0 Å². The van der Waals surface area contributed by atoms with Gasteiger partial charge in [-0.2, -0.15) is 0 Å². The highest BCUT2D eigenvalue weighted by Crippen LogP contribution is 2.42. The maximum Gasteiger partial charge on any atom is 0.325 e. The van der Waals surface area contributed by atoms with Crippen molar-refractivity contribution >= 4 is 23.3 Å². The van der Waals surface area contributed by atoms with Crippen LogP contribution >= 0.6 is 11.3 Å². The molecule has 1 spiro atoms. The average molecular weight is 331 g/mol. The summed E-state index contributed by atoms with van der Waals surface area (Å²) in [5.41, 5.74) is 1.59. The molecular formula is C16H17N3O3S. The molecule has 1 aliphatic heterocycles. The lowest BCUT2D eigenvalue weighted by molar-refractivity contribution is -0.132. The van der Waals surface area contributed by atoms with Crippen molar-refractivity contribution in [2.75, 3.05) is 0 Å². The SMILES string of the molecule is Cc1noc(C)c1CN1C(=O)N[C@]2(CCCc3sccc32)C1=O. The lowest BCUT2D eigenvalue weighted by atomic mass is 9.80. The summed E-state index contributed by atoms with van der Waals surface area (Å²) in [6.45, 7) is 3.81. The van der Waals surface area contributed by atoms with Crippen LogP contribution in [0.4, 0.5) is 4.79 Å². The molecule has 1 saturated heterocycles. The summed E-state index contributed by atoms with van der Waals surface area (Å²) in [5.74, 6) is 0.478. The van der Waals surface area contributed by atoms with Gasteiger partial charge in [-0.1, -0.05) is 5.16 Å². The first-order valence-electron chi connectivity index (χ1n) is 7.65. The average Bonchev–Trinajstić information content (AvgIpc) is 3.18. The summed E-state index contributed by atoms with van der Waals surface area (Å²) in [7, 11) is 0.